The third-order valence-electron chi connectivity index (χ3n) is 4.71. The van der Waals surface area contributed by atoms with Crippen LogP contribution in [0, 0.1) is 0 Å². The number of thioether (sulfide) groups is 1. The smallest absolute Gasteiger partial charge is 0.191 e. The lowest BCUT2D eigenvalue weighted by molar-refractivity contribution is 0.669. The Morgan fingerprint density at radius 3 is 2.62 bits per heavy atom. The topological polar surface area (TPSA) is 39.7 Å². The van der Waals surface area contributed by atoms with Crippen LogP contribution in [0.4, 0.5) is 5.69 Å². The van der Waals surface area contributed by atoms with Gasteiger partial charge >= 0.3 is 0 Å². The van der Waals surface area contributed by atoms with E-state index >= 15 is 0 Å². The van der Waals surface area contributed by atoms with E-state index in [0.717, 1.165) is 19.0 Å². The first-order valence-corrected chi connectivity index (χ1v) is 10.6. The average molecular weight is 490 g/mol. The molecule has 0 radical (unpaired) electrons. The van der Waals surface area contributed by atoms with Crippen molar-refractivity contribution in [1.82, 2.24) is 10.6 Å². The third kappa shape index (κ3) is 7.18. The maximum Gasteiger partial charge on any atom is 0.191 e. The molecule has 1 aromatic rings. The maximum absolute atomic E-state index is 4.78. The lowest BCUT2D eigenvalue weighted by atomic mass is 10.1. The van der Waals surface area contributed by atoms with Crippen LogP contribution in [-0.2, 0) is 0 Å². The van der Waals surface area contributed by atoms with Gasteiger partial charge < -0.3 is 15.5 Å². The molecule has 0 aliphatic carbocycles. The summed E-state index contributed by atoms with van der Waals surface area (Å²) >= 11 is 1.85. The van der Waals surface area contributed by atoms with Crippen molar-refractivity contribution in [3.05, 3.63) is 29.8 Å². The van der Waals surface area contributed by atoms with Crippen molar-refractivity contribution in [3.8, 4) is 0 Å². The molecule has 148 valence electrons. The van der Waals surface area contributed by atoms with Crippen molar-refractivity contribution in [1.29, 1.82) is 0 Å². The normalized spacial score (nSPS) is 16.2. The predicted molar refractivity (Wildman–Crippen MR) is 128 cm³/mol. The number of halogens is 1. The van der Waals surface area contributed by atoms with Gasteiger partial charge in [0.1, 0.15) is 0 Å². The monoisotopic (exact) mass is 490 g/mol. The molecule has 0 amide bonds. The quantitative estimate of drug-likeness (QED) is 0.331. The molecule has 0 bridgehead atoms. The number of nitrogens with one attached hydrogen (secondary N) is 2. The molecule has 6 heteroatoms. The van der Waals surface area contributed by atoms with Gasteiger partial charge in [0.25, 0.3) is 0 Å². The zero-order chi connectivity index (χ0) is 18.3. The SMILES string of the molecule is CCNC(=NCC(C)(C)SC)NC(C)c1cccc(N2CCCC2)c1.I. The molecule has 1 saturated heterocycles. The number of guanidine groups is 1. The van der Waals surface area contributed by atoms with Crippen molar-refractivity contribution >= 4 is 47.4 Å². The molecule has 2 rings (SSSR count). The maximum atomic E-state index is 4.78. The van der Waals surface area contributed by atoms with Gasteiger partial charge in [0.05, 0.1) is 12.6 Å². The summed E-state index contributed by atoms with van der Waals surface area (Å²) in [6.07, 6.45) is 4.75. The van der Waals surface area contributed by atoms with Crippen LogP contribution in [0.2, 0.25) is 0 Å². The first kappa shape index (κ1) is 23.4. The number of rotatable bonds is 7. The van der Waals surface area contributed by atoms with Crippen LogP contribution >= 0.6 is 35.7 Å². The molecule has 1 aliphatic heterocycles. The van der Waals surface area contributed by atoms with Gasteiger partial charge in [-0.05, 0) is 64.5 Å². The van der Waals surface area contributed by atoms with Crippen LogP contribution in [0.1, 0.15) is 52.1 Å². The lowest BCUT2D eigenvalue weighted by Gasteiger charge is -2.23. The number of hydrogen-bond donors (Lipinski definition) is 2. The van der Waals surface area contributed by atoms with E-state index in [-0.39, 0.29) is 34.8 Å². The Morgan fingerprint density at radius 1 is 1.31 bits per heavy atom. The molecule has 1 atom stereocenters. The zero-order valence-corrected chi connectivity index (χ0v) is 20.0. The second kappa shape index (κ2) is 11.3. The summed E-state index contributed by atoms with van der Waals surface area (Å²) in [5, 5.41) is 6.93. The molecular weight excluding hydrogens is 455 g/mol. The van der Waals surface area contributed by atoms with Gasteiger partial charge in [-0.3, -0.25) is 4.99 Å². The molecule has 0 saturated carbocycles. The number of benzene rings is 1. The first-order chi connectivity index (χ1) is 11.9. The molecule has 1 fully saturated rings. The summed E-state index contributed by atoms with van der Waals surface area (Å²) in [5.74, 6) is 0.892. The standard InChI is InChI=1S/C20H34N4S.HI/c1-6-21-19(22-15-20(3,4)25-5)23-16(2)17-10-9-11-18(14-17)24-12-7-8-13-24;/h9-11,14,16H,6-8,12-13,15H2,1-5H3,(H2,21,22,23);1H. The van der Waals surface area contributed by atoms with E-state index in [1.54, 1.807) is 0 Å². The summed E-state index contributed by atoms with van der Waals surface area (Å²) in [4.78, 5) is 7.27. The van der Waals surface area contributed by atoms with E-state index in [4.69, 9.17) is 4.99 Å². The van der Waals surface area contributed by atoms with E-state index < -0.39 is 0 Å². The van der Waals surface area contributed by atoms with Crippen LogP contribution in [0.15, 0.2) is 29.3 Å². The Balaban J connectivity index is 0.00000338. The van der Waals surface area contributed by atoms with Gasteiger partial charge in [0.2, 0.25) is 0 Å². The van der Waals surface area contributed by atoms with Crippen molar-refractivity contribution in [3.63, 3.8) is 0 Å². The van der Waals surface area contributed by atoms with E-state index in [2.05, 4.69) is 73.7 Å². The fraction of sp³-hybridized carbons (Fsp3) is 0.650. The van der Waals surface area contributed by atoms with E-state index in [9.17, 15) is 0 Å². The van der Waals surface area contributed by atoms with Crippen LogP contribution in [0.3, 0.4) is 0 Å². The number of hydrogen-bond acceptors (Lipinski definition) is 3. The minimum Gasteiger partial charge on any atom is -0.372 e. The molecule has 1 aromatic carbocycles. The van der Waals surface area contributed by atoms with Crippen molar-refractivity contribution in [2.24, 2.45) is 4.99 Å². The molecular formula is C20H35IN4S. The Kier molecular flexibility index (Phi) is 10.1. The summed E-state index contributed by atoms with van der Waals surface area (Å²) in [6.45, 7) is 12.8. The second-order valence-corrected chi connectivity index (χ2v) is 8.83. The molecule has 1 aliphatic rings. The molecule has 4 nitrogen and oxygen atoms in total. The highest BCUT2D eigenvalue weighted by molar-refractivity contribution is 14.0. The zero-order valence-electron chi connectivity index (χ0n) is 16.8. The largest absolute Gasteiger partial charge is 0.372 e. The average Bonchev–Trinajstić information content (AvgIpc) is 3.15. The fourth-order valence-corrected chi connectivity index (χ4v) is 3.10. The Morgan fingerprint density at radius 2 is 2.00 bits per heavy atom. The highest BCUT2D eigenvalue weighted by atomic mass is 127. The lowest BCUT2D eigenvalue weighted by Crippen LogP contribution is -2.39. The van der Waals surface area contributed by atoms with E-state index in [0.29, 0.717) is 0 Å². The van der Waals surface area contributed by atoms with Crippen LogP contribution in [0.5, 0.6) is 0 Å². The Bertz CT molecular complexity index is 571. The van der Waals surface area contributed by atoms with Crippen LogP contribution in [-0.4, -0.2) is 43.1 Å². The number of aliphatic imine (C=N–C) groups is 1. The van der Waals surface area contributed by atoms with Gasteiger partial charge in [-0.1, -0.05) is 12.1 Å². The van der Waals surface area contributed by atoms with Crippen molar-refractivity contribution in [2.45, 2.75) is 51.3 Å². The van der Waals surface area contributed by atoms with Crippen molar-refractivity contribution < 1.29 is 0 Å². The Labute approximate surface area is 181 Å². The molecule has 1 unspecified atom stereocenters. The summed E-state index contributed by atoms with van der Waals surface area (Å²) in [5.41, 5.74) is 2.65. The highest BCUT2D eigenvalue weighted by Gasteiger charge is 2.17. The fourth-order valence-electron chi connectivity index (χ4n) is 2.91. The number of anilines is 1. The molecule has 0 aromatic heterocycles. The third-order valence-corrected chi connectivity index (χ3v) is 5.94. The van der Waals surface area contributed by atoms with Crippen molar-refractivity contribution in [2.75, 3.05) is 37.3 Å². The van der Waals surface area contributed by atoms with Gasteiger partial charge in [0, 0.05) is 30.1 Å². The van der Waals surface area contributed by atoms with Gasteiger partial charge in [0.15, 0.2) is 5.96 Å². The minimum atomic E-state index is 0. The highest BCUT2D eigenvalue weighted by Crippen LogP contribution is 2.24. The van der Waals surface area contributed by atoms with E-state index in [1.165, 1.54) is 37.2 Å². The molecule has 2 N–H and O–H groups in total. The molecule has 1 heterocycles. The van der Waals surface area contributed by atoms with Gasteiger partial charge in [-0.25, -0.2) is 0 Å². The molecule has 0 spiro atoms. The second-order valence-electron chi connectivity index (χ2n) is 7.31. The summed E-state index contributed by atoms with van der Waals surface area (Å²) < 4.78 is 0.154. The van der Waals surface area contributed by atoms with Crippen LogP contribution < -0.4 is 15.5 Å². The van der Waals surface area contributed by atoms with Gasteiger partial charge in [-0.15, -0.1) is 24.0 Å². The molecule has 26 heavy (non-hydrogen) atoms. The van der Waals surface area contributed by atoms with E-state index in [1.807, 2.05) is 11.8 Å². The summed E-state index contributed by atoms with van der Waals surface area (Å²) in [6, 6.07) is 9.13. The first-order valence-electron chi connectivity index (χ1n) is 9.40. The Hall–Kier alpha value is -0.630. The van der Waals surface area contributed by atoms with Gasteiger partial charge in [-0.2, -0.15) is 11.8 Å². The minimum absolute atomic E-state index is 0. The number of nitrogens with zero attached hydrogens (tertiary/aromatic N) is 2. The van der Waals surface area contributed by atoms with Crippen LogP contribution in [0.25, 0.3) is 0 Å². The predicted octanol–water partition coefficient (Wildman–Crippen LogP) is 4.66. The summed E-state index contributed by atoms with van der Waals surface area (Å²) in [7, 11) is 0.